The van der Waals surface area contributed by atoms with E-state index in [1.807, 2.05) is 18.2 Å². The maximum absolute atomic E-state index is 11.0. The number of phenolic OH excluding ortho intramolecular Hbond substituents is 4. The maximum atomic E-state index is 11.0. The average molecular weight is 741 g/mol. The molecule has 0 aromatic heterocycles. The molecular formula is C50H76O4. The third kappa shape index (κ3) is 24.4. The molecule has 0 aliphatic heterocycles. The molecule has 4 rings (SSSR count). The molecule has 0 fully saturated rings. The van der Waals surface area contributed by atoms with Gasteiger partial charge in [0.05, 0.1) is 0 Å². The number of aryl methyl sites for hydroxylation is 1. The summed E-state index contributed by atoms with van der Waals surface area (Å²) in [6, 6.07) is 28.3. The molecule has 0 aliphatic carbocycles. The molecule has 0 radical (unpaired) electrons. The third-order valence-electron chi connectivity index (χ3n) is 9.65. The van der Waals surface area contributed by atoms with Gasteiger partial charge in [0.2, 0.25) is 0 Å². The van der Waals surface area contributed by atoms with E-state index in [1.165, 1.54) is 139 Å². The van der Waals surface area contributed by atoms with E-state index in [0.29, 0.717) is 23.0 Å². The van der Waals surface area contributed by atoms with Crippen LogP contribution in [0.3, 0.4) is 0 Å². The summed E-state index contributed by atoms with van der Waals surface area (Å²) >= 11 is 0. The van der Waals surface area contributed by atoms with Gasteiger partial charge in [-0.25, -0.2) is 0 Å². The molecule has 0 unspecified atom stereocenters. The van der Waals surface area contributed by atoms with Gasteiger partial charge in [-0.2, -0.15) is 0 Å². The Balaban J connectivity index is 0.000000545. The maximum Gasteiger partial charge on any atom is 0.119 e. The van der Waals surface area contributed by atoms with Crippen molar-refractivity contribution in [1.82, 2.24) is 0 Å². The summed E-state index contributed by atoms with van der Waals surface area (Å²) in [7, 11) is 0. The lowest BCUT2D eigenvalue weighted by molar-refractivity contribution is 0.463. The fourth-order valence-electron chi connectivity index (χ4n) is 6.51. The minimum absolute atomic E-state index is 0.322. The van der Waals surface area contributed by atoms with Gasteiger partial charge in [-0.05, 0) is 116 Å². The van der Waals surface area contributed by atoms with Crippen molar-refractivity contribution in [3.05, 3.63) is 119 Å². The van der Waals surface area contributed by atoms with E-state index in [1.54, 1.807) is 78.4 Å². The Kier molecular flexibility index (Phi) is 30.0. The van der Waals surface area contributed by atoms with E-state index < -0.39 is 0 Å². The first-order valence-corrected chi connectivity index (χ1v) is 21.4. The average Bonchev–Trinajstić information content (AvgIpc) is 3.18. The van der Waals surface area contributed by atoms with Crippen LogP contribution in [0.5, 0.6) is 23.0 Å². The van der Waals surface area contributed by atoms with Crippen LogP contribution in [0.2, 0.25) is 0 Å². The lowest BCUT2D eigenvalue weighted by Crippen LogP contribution is -2.07. The molecule has 4 nitrogen and oxygen atoms in total. The zero-order chi connectivity index (χ0) is 39.5. The lowest BCUT2D eigenvalue weighted by atomic mass is 9.85. The second kappa shape index (κ2) is 33.6. The zero-order valence-corrected chi connectivity index (χ0v) is 34.6. The highest BCUT2D eigenvalue weighted by molar-refractivity contribution is 5.50. The third-order valence-corrected chi connectivity index (χ3v) is 9.65. The van der Waals surface area contributed by atoms with Crippen molar-refractivity contribution in [1.29, 1.82) is 0 Å². The molecule has 4 heteroatoms. The molecule has 0 amide bonds. The van der Waals surface area contributed by atoms with Crippen LogP contribution >= 0.6 is 0 Å². The van der Waals surface area contributed by atoms with E-state index in [4.69, 9.17) is 15.3 Å². The first kappa shape index (κ1) is 48.1. The molecule has 0 atom stereocenters. The quantitative estimate of drug-likeness (QED) is 0.0605. The standard InChI is InChI=1S/C32H58O.3C6H6O/c1-5-9-13-15-17-19-21-23-28-27-32(33)31(25-12-8-4)30(24-11-7-3)29(28)26-22-20-18-16-14-10-6-2;3*7-6-4-2-1-3-5-6/h27,33H,5-26H2,1-4H3;3*1-5,7H. The predicted molar refractivity (Wildman–Crippen MR) is 233 cm³/mol. The van der Waals surface area contributed by atoms with Crippen LogP contribution in [0.1, 0.15) is 166 Å². The largest absolute Gasteiger partial charge is 0.508 e. The van der Waals surface area contributed by atoms with Crippen LogP contribution in [0.15, 0.2) is 97.1 Å². The van der Waals surface area contributed by atoms with Crippen LogP contribution in [-0.2, 0) is 25.7 Å². The van der Waals surface area contributed by atoms with Gasteiger partial charge < -0.3 is 20.4 Å². The number of hydrogen-bond donors (Lipinski definition) is 4. The van der Waals surface area contributed by atoms with Crippen molar-refractivity contribution in [2.45, 2.75) is 169 Å². The Hall–Kier alpha value is -3.92. The van der Waals surface area contributed by atoms with Gasteiger partial charge in [0.25, 0.3) is 0 Å². The zero-order valence-electron chi connectivity index (χ0n) is 34.6. The van der Waals surface area contributed by atoms with E-state index in [-0.39, 0.29) is 0 Å². The van der Waals surface area contributed by atoms with Crippen molar-refractivity contribution in [2.24, 2.45) is 0 Å². The van der Waals surface area contributed by atoms with E-state index in [0.717, 1.165) is 19.3 Å². The second-order valence-electron chi connectivity index (χ2n) is 14.4. The minimum Gasteiger partial charge on any atom is -0.508 e. The number of hydrogen-bond acceptors (Lipinski definition) is 4. The highest BCUT2D eigenvalue weighted by Gasteiger charge is 2.17. The van der Waals surface area contributed by atoms with Gasteiger partial charge in [0, 0.05) is 0 Å². The highest BCUT2D eigenvalue weighted by atomic mass is 16.3. The Labute approximate surface area is 330 Å². The molecular weight excluding hydrogens is 665 g/mol. The molecule has 4 aromatic rings. The topological polar surface area (TPSA) is 80.9 Å². The summed E-state index contributed by atoms with van der Waals surface area (Å²) in [5.74, 6) is 1.56. The molecule has 0 saturated heterocycles. The first-order chi connectivity index (χ1) is 26.4. The van der Waals surface area contributed by atoms with Crippen LogP contribution in [0.25, 0.3) is 0 Å². The number of rotatable bonds is 22. The SMILES string of the molecule is CCCCCCCCCc1cc(O)c(CCCC)c(CCCC)c1CCCCCCCCC.Oc1ccccc1.Oc1ccccc1.Oc1ccccc1. The fraction of sp³-hybridized carbons (Fsp3) is 0.520. The molecule has 0 aliphatic rings. The number of para-hydroxylation sites is 3. The van der Waals surface area contributed by atoms with E-state index >= 15 is 0 Å². The fourth-order valence-corrected chi connectivity index (χ4v) is 6.51. The predicted octanol–water partition coefficient (Wildman–Crippen LogP) is 14.8. The van der Waals surface area contributed by atoms with Crippen molar-refractivity contribution >= 4 is 0 Å². The van der Waals surface area contributed by atoms with Gasteiger partial charge in [-0.3, -0.25) is 0 Å². The molecule has 54 heavy (non-hydrogen) atoms. The van der Waals surface area contributed by atoms with Crippen LogP contribution < -0.4 is 0 Å². The van der Waals surface area contributed by atoms with Crippen molar-refractivity contribution < 1.29 is 20.4 Å². The van der Waals surface area contributed by atoms with E-state index in [9.17, 15) is 5.11 Å². The Morgan fingerprint density at radius 2 is 0.630 bits per heavy atom. The normalized spacial score (nSPS) is 10.3. The Morgan fingerprint density at radius 3 is 0.981 bits per heavy atom. The smallest absolute Gasteiger partial charge is 0.119 e. The number of benzene rings is 4. The minimum atomic E-state index is 0.322. The van der Waals surface area contributed by atoms with Gasteiger partial charge in [-0.1, -0.05) is 172 Å². The molecule has 4 aromatic carbocycles. The molecule has 0 bridgehead atoms. The lowest BCUT2D eigenvalue weighted by Gasteiger charge is -2.21. The molecule has 0 spiro atoms. The second-order valence-corrected chi connectivity index (χ2v) is 14.4. The van der Waals surface area contributed by atoms with E-state index in [2.05, 4.69) is 33.8 Å². The Bertz CT molecular complexity index is 1300. The summed E-state index contributed by atoms with van der Waals surface area (Å²) in [4.78, 5) is 0. The summed E-state index contributed by atoms with van der Waals surface area (Å²) in [6.07, 6.45) is 28.5. The molecule has 300 valence electrons. The number of phenols is 4. The van der Waals surface area contributed by atoms with Crippen molar-refractivity contribution in [3.8, 4) is 23.0 Å². The molecule has 0 saturated carbocycles. The monoisotopic (exact) mass is 741 g/mol. The summed E-state index contributed by atoms with van der Waals surface area (Å²) in [6.45, 7) is 9.14. The van der Waals surface area contributed by atoms with Gasteiger partial charge >= 0.3 is 0 Å². The van der Waals surface area contributed by atoms with Crippen molar-refractivity contribution in [3.63, 3.8) is 0 Å². The van der Waals surface area contributed by atoms with Crippen LogP contribution in [0.4, 0.5) is 0 Å². The summed E-state index contributed by atoms with van der Waals surface area (Å²) in [5, 5.41) is 36.9. The number of unbranched alkanes of at least 4 members (excludes halogenated alkanes) is 14. The highest BCUT2D eigenvalue weighted by Crippen LogP contribution is 2.33. The van der Waals surface area contributed by atoms with Gasteiger partial charge in [0.1, 0.15) is 23.0 Å². The summed E-state index contributed by atoms with van der Waals surface area (Å²) in [5.41, 5.74) is 5.92. The van der Waals surface area contributed by atoms with Crippen LogP contribution in [-0.4, -0.2) is 20.4 Å². The number of aromatic hydroxyl groups is 4. The molecule has 0 heterocycles. The van der Waals surface area contributed by atoms with Crippen molar-refractivity contribution in [2.75, 3.05) is 0 Å². The first-order valence-electron chi connectivity index (χ1n) is 21.4. The molecule has 4 N–H and O–H groups in total. The van der Waals surface area contributed by atoms with Gasteiger partial charge in [0.15, 0.2) is 0 Å². The Morgan fingerprint density at radius 1 is 0.315 bits per heavy atom. The van der Waals surface area contributed by atoms with Crippen LogP contribution in [0, 0.1) is 0 Å². The summed E-state index contributed by atoms with van der Waals surface area (Å²) < 4.78 is 0. The van der Waals surface area contributed by atoms with Gasteiger partial charge in [-0.15, -0.1) is 0 Å².